The summed E-state index contributed by atoms with van der Waals surface area (Å²) >= 11 is 0. The molecule has 1 unspecified atom stereocenters. The van der Waals surface area contributed by atoms with E-state index in [1.807, 2.05) is 0 Å². The topological polar surface area (TPSA) is 81.8 Å². The maximum absolute atomic E-state index is 12.6. The number of nitrogens with one attached hydrogen (secondary N) is 1. The molecular formula is C17H23F3N4O3. The number of carbonyl (C=O) groups excluding carboxylic acids is 1. The Morgan fingerprint density at radius 3 is 2.56 bits per heavy atom. The van der Waals surface area contributed by atoms with E-state index in [1.54, 1.807) is 9.80 Å². The predicted molar refractivity (Wildman–Crippen MR) is 87.6 cm³/mol. The fraction of sp³-hybridized carbons (Fsp3) is 0.765. The summed E-state index contributed by atoms with van der Waals surface area (Å²) < 4.78 is 42.7. The van der Waals surface area contributed by atoms with E-state index < -0.39 is 18.1 Å². The molecule has 0 aromatic carbocycles. The van der Waals surface area contributed by atoms with E-state index in [0.29, 0.717) is 58.1 Å². The summed E-state index contributed by atoms with van der Waals surface area (Å²) in [6.07, 6.45) is -0.951. The van der Waals surface area contributed by atoms with Gasteiger partial charge in [-0.15, -0.1) is 0 Å². The van der Waals surface area contributed by atoms with Gasteiger partial charge in [0, 0.05) is 32.6 Å². The number of piperidine rings is 1. The van der Waals surface area contributed by atoms with E-state index in [9.17, 15) is 23.1 Å². The second kappa shape index (κ2) is 6.66. The van der Waals surface area contributed by atoms with Gasteiger partial charge in [0.25, 0.3) is 0 Å². The number of hydrogen-bond acceptors (Lipinski definition) is 5. The van der Waals surface area contributed by atoms with Crippen LogP contribution >= 0.6 is 0 Å². The highest BCUT2D eigenvalue weighted by atomic mass is 19.4. The fourth-order valence-corrected chi connectivity index (χ4v) is 4.29. The summed E-state index contributed by atoms with van der Waals surface area (Å²) in [6.45, 7) is 2.38. The quantitative estimate of drug-likeness (QED) is 0.808. The minimum Gasteiger partial charge on any atom is -0.448 e. The minimum absolute atomic E-state index is 0.00209. The Morgan fingerprint density at radius 2 is 2.00 bits per heavy atom. The Hall–Kier alpha value is -1.81. The molecule has 1 atom stereocenters. The predicted octanol–water partition coefficient (Wildman–Crippen LogP) is 1.82. The van der Waals surface area contributed by atoms with Crippen LogP contribution in [0.1, 0.15) is 37.3 Å². The molecule has 3 aliphatic heterocycles. The Kier molecular flexibility index (Phi) is 4.58. The average molecular weight is 388 g/mol. The van der Waals surface area contributed by atoms with Gasteiger partial charge in [-0.3, -0.25) is 5.32 Å². The van der Waals surface area contributed by atoms with Crippen molar-refractivity contribution in [2.24, 2.45) is 5.92 Å². The summed E-state index contributed by atoms with van der Waals surface area (Å²) in [4.78, 5) is 19.7. The van der Waals surface area contributed by atoms with Gasteiger partial charge < -0.3 is 19.3 Å². The molecule has 2 N–H and O–H groups in total. The third-order valence-electron chi connectivity index (χ3n) is 5.82. The van der Waals surface area contributed by atoms with Crippen LogP contribution in [-0.4, -0.2) is 63.9 Å². The van der Waals surface area contributed by atoms with Crippen molar-refractivity contribution in [2.75, 3.05) is 26.2 Å². The first-order valence-electron chi connectivity index (χ1n) is 9.25. The molecule has 1 aromatic heterocycles. The smallest absolute Gasteiger partial charge is 0.436 e. The van der Waals surface area contributed by atoms with Crippen molar-refractivity contribution in [1.82, 2.24) is 20.1 Å². The first-order valence-corrected chi connectivity index (χ1v) is 9.25. The lowest BCUT2D eigenvalue weighted by Gasteiger charge is -2.50. The van der Waals surface area contributed by atoms with E-state index >= 15 is 0 Å². The first kappa shape index (κ1) is 18.5. The van der Waals surface area contributed by atoms with Gasteiger partial charge in [-0.05, 0) is 31.6 Å². The van der Waals surface area contributed by atoms with E-state index in [1.165, 1.54) is 0 Å². The molecule has 1 aromatic rings. The maximum Gasteiger partial charge on any atom is 0.436 e. The lowest BCUT2D eigenvalue weighted by molar-refractivity contribution is -0.141. The first-order chi connectivity index (χ1) is 12.7. The lowest BCUT2D eigenvalue weighted by atomic mass is 9.88. The lowest BCUT2D eigenvalue weighted by Crippen LogP contribution is -2.70. The van der Waals surface area contributed by atoms with Crippen molar-refractivity contribution in [3.63, 3.8) is 0 Å². The van der Waals surface area contributed by atoms with Crippen LogP contribution in [0.5, 0.6) is 0 Å². The van der Waals surface area contributed by atoms with Crippen LogP contribution in [0.15, 0.2) is 10.7 Å². The molecule has 0 radical (unpaired) electrons. The molecular weight excluding hydrogens is 365 g/mol. The fourth-order valence-electron chi connectivity index (χ4n) is 4.29. The second-order valence-electron chi connectivity index (χ2n) is 7.88. The van der Waals surface area contributed by atoms with Crippen LogP contribution in [0.25, 0.3) is 0 Å². The summed E-state index contributed by atoms with van der Waals surface area (Å²) in [5.41, 5.74) is -1.13. The number of rotatable bonds is 2. The summed E-state index contributed by atoms with van der Waals surface area (Å²) in [5, 5.41) is 12.7. The molecule has 10 heteroatoms. The number of aromatic nitrogens is 1. The number of urea groups is 1. The zero-order chi connectivity index (χ0) is 19.2. The highest BCUT2D eigenvalue weighted by Crippen LogP contribution is 2.33. The third kappa shape index (κ3) is 3.77. The van der Waals surface area contributed by atoms with Gasteiger partial charge in [0.1, 0.15) is 12.5 Å². The number of carbonyl (C=O) groups is 1. The van der Waals surface area contributed by atoms with Crippen LogP contribution in [0.3, 0.4) is 0 Å². The van der Waals surface area contributed by atoms with Gasteiger partial charge in [0.15, 0.2) is 11.6 Å². The van der Waals surface area contributed by atoms with Crippen LogP contribution in [0.2, 0.25) is 0 Å². The van der Waals surface area contributed by atoms with E-state index in [0.717, 1.165) is 6.42 Å². The van der Waals surface area contributed by atoms with Crippen LogP contribution in [0, 0.1) is 5.92 Å². The Balaban J connectivity index is 1.23. The zero-order valence-electron chi connectivity index (χ0n) is 14.8. The van der Waals surface area contributed by atoms with Gasteiger partial charge in [-0.2, -0.15) is 13.2 Å². The van der Waals surface area contributed by atoms with Crippen molar-refractivity contribution in [2.45, 2.75) is 50.0 Å². The van der Waals surface area contributed by atoms with Gasteiger partial charge in [-0.25, -0.2) is 9.78 Å². The summed E-state index contributed by atoms with van der Waals surface area (Å²) in [6, 6.07) is -0.00209. The number of hydrogen-bond donors (Lipinski definition) is 2. The standard InChI is InChI=1S/C17H23F3N4O3/c18-17(19,20)12-8-27-14(21-12)7-11-2-5-23(6-3-11)15(26)24-9-16(10-24)4-1-13(25)22-16/h8,11,13,22,25H,1-7,9-10H2. The highest BCUT2D eigenvalue weighted by Gasteiger charge is 2.50. The number of nitrogens with zero attached hydrogens (tertiary/aromatic N) is 3. The largest absolute Gasteiger partial charge is 0.448 e. The molecule has 2 amide bonds. The number of oxazole rings is 1. The molecule has 4 rings (SSSR count). The highest BCUT2D eigenvalue weighted by molar-refractivity contribution is 5.76. The van der Waals surface area contributed by atoms with Crippen molar-refractivity contribution < 1.29 is 27.5 Å². The normalized spacial score (nSPS) is 25.9. The monoisotopic (exact) mass is 388 g/mol. The second-order valence-corrected chi connectivity index (χ2v) is 7.88. The van der Waals surface area contributed by atoms with Crippen LogP contribution < -0.4 is 5.32 Å². The molecule has 1 spiro atoms. The van der Waals surface area contributed by atoms with Crippen molar-refractivity contribution in [3.05, 3.63) is 17.8 Å². The number of halogens is 3. The maximum atomic E-state index is 12.6. The number of amides is 2. The summed E-state index contributed by atoms with van der Waals surface area (Å²) in [5.74, 6) is 0.255. The van der Waals surface area contributed by atoms with Gasteiger partial charge in [0.2, 0.25) is 0 Å². The van der Waals surface area contributed by atoms with Crippen LogP contribution in [-0.2, 0) is 12.6 Å². The van der Waals surface area contributed by atoms with Crippen LogP contribution in [0.4, 0.5) is 18.0 Å². The van der Waals surface area contributed by atoms with Crippen molar-refractivity contribution in [1.29, 1.82) is 0 Å². The number of alkyl halides is 3. The van der Waals surface area contributed by atoms with E-state index in [4.69, 9.17) is 4.42 Å². The molecule has 27 heavy (non-hydrogen) atoms. The van der Waals surface area contributed by atoms with Gasteiger partial charge in [0.05, 0.1) is 5.54 Å². The molecule has 7 nitrogen and oxygen atoms in total. The van der Waals surface area contributed by atoms with Gasteiger partial charge in [-0.1, -0.05) is 0 Å². The Labute approximate surface area is 154 Å². The zero-order valence-corrected chi connectivity index (χ0v) is 14.8. The SMILES string of the molecule is O=C(N1CCC(Cc2nc(C(F)(F)F)co2)CC1)N1CC2(CCC(O)N2)C1. The molecule has 0 bridgehead atoms. The van der Waals surface area contributed by atoms with Crippen molar-refractivity contribution in [3.8, 4) is 0 Å². The molecule has 0 aliphatic carbocycles. The number of aliphatic hydroxyl groups excluding tert-OH is 1. The third-order valence-corrected chi connectivity index (χ3v) is 5.82. The van der Waals surface area contributed by atoms with Gasteiger partial charge >= 0.3 is 12.2 Å². The molecule has 3 fully saturated rings. The Bertz CT molecular complexity index is 694. The average Bonchev–Trinajstić information content (AvgIpc) is 3.20. The number of likely N-dealkylation sites (tertiary alicyclic amines) is 2. The molecule has 150 valence electrons. The molecule has 3 saturated heterocycles. The summed E-state index contributed by atoms with van der Waals surface area (Å²) in [7, 11) is 0. The Morgan fingerprint density at radius 1 is 1.30 bits per heavy atom. The van der Waals surface area contributed by atoms with Crippen molar-refractivity contribution >= 4 is 6.03 Å². The van der Waals surface area contributed by atoms with E-state index in [-0.39, 0.29) is 23.4 Å². The molecule has 4 heterocycles. The minimum atomic E-state index is -4.49. The van der Waals surface area contributed by atoms with E-state index in [2.05, 4.69) is 10.3 Å². The molecule has 3 aliphatic rings. The molecule has 0 saturated carbocycles. The number of aliphatic hydroxyl groups is 1.